The molecule has 0 bridgehead atoms. The number of rotatable bonds is 4. The Morgan fingerprint density at radius 2 is 2.06 bits per heavy atom. The van der Waals surface area contributed by atoms with Gasteiger partial charge in [-0.05, 0) is 20.3 Å². The quantitative estimate of drug-likeness (QED) is 0.884. The SMILES string of the molecule is CCC(C)c1nc(C(C)(C)N2CCNCC2)no1. The summed E-state index contributed by atoms with van der Waals surface area (Å²) in [5, 5.41) is 7.55. The molecule has 1 saturated heterocycles. The fraction of sp³-hybridized carbons (Fsp3) is 0.846. The molecule has 0 saturated carbocycles. The lowest BCUT2D eigenvalue weighted by atomic mass is 10.0. The van der Waals surface area contributed by atoms with Crippen LogP contribution >= 0.6 is 0 Å². The second-order valence-electron chi connectivity index (χ2n) is 5.56. The summed E-state index contributed by atoms with van der Waals surface area (Å²) in [4.78, 5) is 7.00. The van der Waals surface area contributed by atoms with Crippen molar-refractivity contribution >= 4 is 0 Å². The Hall–Kier alpha value is -0.940. The summed E-state index contributed by atoms with van der Waals surface area (Å²) in [7, 11) is 0. The van der Waals surface area contributed by atoms with Crippen molar-refractivity contribution in [3.05, 3.63) is 11.7 Å². The molecule has 2 rings (SSSR count). The van der Waals surface area contributed by atoms with Crippen LogP contribution in [-0.4, -0.2) is 41.2 Å². The predicted octanol–water partition coefficient (Wildman–Crippen LogP) is 1.72. The standard InChI is InChI=1S/C13H24N4O/c1-5-10(2)11-15-12(16-18-11)13(3,4)17-8-6-14-7-9-17/h10,14H,5-9H2,1-4H3. The lowest BCUT2D eigenvalue weighted by molar-refractivity contribution is 0.0924. The summed E-state index contributed by atoms with van der Waals surface area (Å²) in [5.41, 5.74) is -0.155. The first kappa shape index (κ1) is 13.5. The highest BCUT2D eigenvalue weighted by Gasteiger charge is 2.34. The van der Waals surface area contributed by atoms with E-state index in [1.54, 1.807) is 0 Å². The first-order valence-corrected chi connectivity index (χ1v) is 6.85. The summed E-state index contributed by atoms with van der Waals surface area (Å²) in [6.45, 7) is 12.7. The maximum atomic E-state index is 5.39. The maximum Gasteiger partial charge on any atom is 0.229 e. The minimum absolute atomic E-state index is 0.155. The fourth-order valence-corrected chi connectivity index (χ4v) is 2.22. The van der Waals surface area contributed by atoms with Crippen LogP contribution < -0.4 is 5.32 Å². The van der Waals surface area contributed by atoms with Gasteiger partial charge < -0.3 is 9.84 Å². The highest BCUT2D eigenvalue weighted by atomic mass is 16.5. The van der Waals surface area contributed by atoms with Gasteiger partial charge >= 0.3 is 0 Å². The molecule has 0 spiro atoms. The van der Waals surface area contributed by atoms with Crippen molar-refractivity contribution in [2.45, 2.75) is 45.6 Å². The van der Waals surface area contributed by atoms with E-state index in [9.17, 15) is 0 Å². The van der Waals surface area contributed by atoms with E-state index in [2.05, 4.69) is 48.1 Å². The van der Waals surface area contributed by atoms with Crippen LogP contribution in [0.25, 0.3) is 0 Å². The highest BCUT2D eigenvalue weighted by Crippen LogP contribution is 2.27. The van der Waals surface area contributed by atoms with Gasteiger partial charge in [-0.3, -0.25) is 4.90 Å². The first-order valence-electron chi connectivity index (χ1n) is 6.85. The summed E-state index contributed by atoms with van der Waals surface area (Å²) >= 11 is 0. The molecule has 1 unspecified atom stereocenters. The van der Waals surface area contributed by atoms with Gasteiger partial charge in [-0.2, -0.15) is 4.98 Å². The number of nitrogens with zero attached hydrogens (tertiary/aromatic N) is 3. The molecular formula is C13H24N4O. The van der Waals surface area contributed by atoms with Crippen LogP contribution in [-0.2, 0) is 5.54 Å². The monoisotopic (exact) mass is 252 g/mol. The van der Waals surface area contributed by atoms with Crippen LogP contribution in [0.2, 0.25) is 0 Å². The van der Waals surface area contributed by atoms with E-state index < -0.39 is 0 Å². The third kappa shape index (κ3) is 2.57. The third-order valence-electron chi connectivity index (χ3n) is 3.93. The second-order valence-corrected chi connectivity index (χ2v) is 5.56. The number of aromatic nitrogens is 2. The molecule has 0 aromatic carbocycles. The fourth-order valence-electron chi connectivity index (χ4n) is 2.22. The molecule has 102 valence electrons. The van der Waals surface area contributed by atoms with Gasteiger partial charge in [-0.15, -0.1) is 0 Å². The van der Waals surface area contributed by atoms with Gasteiger partial charge in [0.05, 0.1) is 5.54 Å². The van der Waals surface area contributed by atoms with Gasteiger partial charge in [0.25, 0.3) is 0 Å². The molecule has 1 fully saturated rings. The highest BCUT2D eigenvalue weighted by molar-refractivity contribution is 5.04. The number of nitrogens with one attached hydrogen (secondary N) is 1. The van der Waals surface area contributed by atoms with Crippen LogP contribution in [0.1, 0.15) is 51.7 Å². The Kier molecular flexibility index (Phi) is 4.02. The summed E-state index contributed by atoms with van der Waals surface area (Å²) < 4.78 is 5.39. The van der Waals surface area contributed by atoms with Gasteiger partial charge in [0.2, 0.25) is 5.89 Å². The van der Waals surface area contributed by atoms with Crippen molar-refractivity contribution in [1.82, 2.24) is 20.4 Å². The zero-order chi connectivity index (χ0) is 13.2. The van der Waals surface area contributed by atoms with Crippen LogP contribution in [0, 0.1) is 0 Å². The van der Waals surface area contributed by atoms with Crippen molar-refractivity contribution in [2.75, 3.05) is 26.2 Å². The van der Waals surface area contributed by atoms with Gasteiger partial charge in [-0.1, -0.05) is 19.0 Å². The van der Waals surface area contributed by atoms with E-state index >= 15 is 0 Å². The Morgan fingerprint density at radius 3 is 2.67 bits per heavy atom. The molecule has 1 aliphatic heterocycles. The van der Waals surface area contributed by atoms with Crippen molar-refractivity contribution in [1.29, 1.82) is 0 Å². The Labute approximate surface area is 109 Å². The normalized spacial score (nSPS) is 20.0. The zero-order valence-electron chi connectivity index (χ0n) is 11.9. The summed E-state index contributed by atoms with van der Waals surface area (Å²) in [6.07, 6.45) is 1.02. The molecule has 1 atom stereocenters. The van der Waals surface area contributed by atoms with E-state index in [4.69, 9.17) is 4.52 Å². The predicted molar refractivity (Wildman–Crippen MR) is 70.5 cm³/mol. The van der Waals surface area contributed by atoms with Crippen molar-refractivity contribution in [3.8, 4) is 0 Å². The number of piperazine rings is 1. The van der Waals surface area contributed by atoms with Crippen LogP contribution in [0.4, 0.5) is 0 Å². The van der Waals surface area contributed by atoms with Gasteiger partial charge in [0.1, 0.15) is 0 Å². The third-order valence-corrected chi connectivity index (χ3v) is 3.93. The molecule has 1 aromatic heterocycles. The van der Waals surface area contributed by atoms with Crippen LogP contribution in [0.15, 0.2) is 4.52 Å². The lowest BCUT2D eigenvalue weighted by Gasteiger charge is -2.38. The van der Waals surface area contributed by atoms with Crippen molar-refractivity contribution in [2.24, 2.45) is 0 Å². The van der Waals surface area contributed by atoms with E-state index in [1.165, 1.54) is 0 Å². The molecule has 1 N–H and O–H groups in total. The molecule has 5 heteroatoms. The Morgan fingerprint density at radius 1 is 1.39 bits per heavy atom. The molecule has 1 aromatic rings. The van der Waals surface area contributed by atoms with E-state index in [1.807, 2.05) is 0 Å². The molecule has 18 heavy (non-hydrogen) atoms. The summed E-state index contributed by atoms with van der Waals surface area (Å²) in [5.74, 6) is 1.90. The van der Waals surface area contributed by atoms with Gasteiger partial charge in [0, 0.05) is 32.1 Å². The molecule has 5 nitrogen and oxygen atoms in total. The van der Waals surface area contributed by atoms with Crippen LogP contribution in [0.5, 0.6) is 0 Å². The summed E-state index contributed by atoms with van der Waals surface area (Å²) in [6, 6.07) is 0. The average molecular weight is 252 g/mol. The minimum Gasteiger partial charge on any atom is -0.339 e. The van der Waals surface area contributed by atoms with Crippen molar-refractivity contribution in [3.63, 3.8) is 0 Å². The first-order chi connectivity index (χ1) is 8.55. The van der Waals surface area contributed by atoms with Crippen molar-refractivity contribution < 1.29 is 4.52 Å². The molecule has 0 aliphatic carbocycles. The second kappa shape index (κ2) is 5.36. The lowest BCUT2D eigenvalue weighted by Crippen LogP contribution is -2.52. The molecule has 0 radical (unpaired) electrons. The Bertz CT molecular complexity index is 382. The average Bonchev–Trinajstić information content (AvgIpc) is 2.89. The smallest absolute Gasteiger partial charge is 0.229 e. The maximum absolute atomic E-state index is 5.39. The molecular weight excluding hydrogens is 228 g/mol. The largest absolute Gasteiger partial charge is 0.339 e. The molecule has 0 amide bonds. The van der Waals surface area contributed by atoms with E-state index in [-0.39, 0.29) is 5.54 Å². The van der Waals surface area contributed by atoms with Crippen LogP contribution in [0.3, 0.4) is 0 Å². The Balaban J connectivity index is 2.15. The van der Waals surface area contributed by atoms with E-state index in [0.717, 1.165) is 44.3 Å². The number of hydrogen-bond donors (Lipinski definition) is 1. The van der Waals surface area contributed by atoms with Gasteiger partial charge in [-0.25, -0.2) is 0 Å². The zero-order valence-corrected chi connectivity index (χ0v) is 11.9. The molecule has 2 heterocycles. The van der Waals surface area contributed by atoms with E-state index in [0.29, 0.717) is 5.92 Å². The number of hydrogen-bond acceptors (Lipinski definition) is 5. The topological polar surface area (TPSA) is 54.2 Å². The van der Waals surface area contributed by atoms with Gasteiger partial charge in [0.15, 0.2) is 5.82 Å². The molecule has 1 aliphatic rings. The minimum atomic E-state index is -0.155.